The highest BCUT2D eigenvalue weighted by Gasteiger charge is 2.02. The predicted octanol–water partition coefficient (Wildman–Crippen LogP) is 2.20. The molecule has 0 aliphatic carbocycles. The number of halogens is 1. The lowest BCUT2D eigenvalue weighted by atomic mass is 10.2. The third-order valence-electron chi connectivity index (χ3n) is 1.87. The number of aromatic amines is 1. The molecule has 1 aromatic carbocycles. The molecule has 2 nitrogen and oxygen atoms in total. The summed E-state index contributed by atoms with van der Waals surface area (Å²) in [7, 11) is 0. The second-order valence-electron chi connectivity index (χ2n) is 2.91. The second kappa shape index (κ2) is 2.24. The first kappa shape index (κ1) is 7.16. The fourth-order valence-electron chi connectivity index (χ4n) is 1.32. The van der Waals surface area contributed by atoms with Crippen LogP contribution in [0, 0.1) is 12.7 Å². The molecule has 12 heavy (non-hydrogen) atoms. The Hall–Kier alpha value is -1.51. The van der Waals surface area contributed by atoms with Crippen LogP contribution in [0.4, 0.5) is 10.1 Å². The van der Waals surface area contributed by atoms with Crippen LogP contribution in [-0.2, 0) is 0 Å². The average molecular weight is 164 g/mol. The summed E-state index contributed by atoms with van der Waals surface area (Å²) in [6.07, 6.45) is 0. The van der Waals surface area contributed by atoms with Crippen molar-refractivity contribution in [2.45, 2.75) is 6.92 Å². The van der Waals surface area contributed by atoms with Crippen LogP contribution in [0.3, 0.4) is 0 Å². The van der Waals surface area contributed by atoms with Gasteiger partial charge in [-0.25, -0.2) is 4.39 Å². The van der Waals surface area contributed by atoms with Crippen LogP contribution in [0.1, 0.15) is 5.69 Å². The van der Waals surface area contributed by atoms with E-state index in [0.29, 0.717) is 0 Å². The highest BCUT2D eigenvalue weighted by atomic mass is 19.1. The lowest BCUT2D eigenvalue weighted by Gasteiger charge is -1.95. The van der Waals surface area contributed by atoms with Crippen LogP contribution in [0.5, 0.6) is 0 Å². The van der Waals surface area contributed by atoms with Crippen LogP contribution < -0.4 is 5.73 Å². The fraction of sp³-hybridized carbons (Fsp3) is 0.111. The van der Waals surface area contributed by atoms with E-state index in [0.717, 1.165) is 16.6 Å². The molecule has 0 atom stereocenters. The third-order valence-corrected chi connectivity index (χ3v) is 1.87. The Morgan fingerprint density at radius 1 is 1.33 bits per heavy atom. The summed E-state index contributed by atoms with van der Waals surface area (Å²) in [5.41, 5.74) is 7.40. The molecule has 0 fully saturated rings. The van der Waals surface area contributed by atoms with E-state index >= 15 is 0 Å². The molecule has 1 heterocycles. The summed E-state index contributed by atoms with van der Waals surface area (Å²) in [4.78, 5) is 3.03. The van der Waals surface area contributed by atoms with Gasteiger partial charge in [0.15, 0.2) is 0 Å². The zero-order chi connectivity index (χ0) is 8.72. The minimum atomic E-state index is -0.371. The summed E-state index contributed by atoms with van der Waals surface area (Å²) in [6.45, 7) is 1.92. The van der Waals surface area contributed by atoms with Gasteiger partial charge in [0, 0.05) is 22.7 Å². The molecule has 0 unspecified atom stereocenters. The van der Waals surface area contributed by atoms with Gasteiger partial charge < -0.3 is 10.7 Å². The number of nitrogen functional groups attached to an aromatic ring is 1. The molecule has 2 aromatic rings. The maximum atomic E-state index is 12.9. The third kappa shape index (κ3) is 0.942. The number of aryl methyl sites for hydroxylation is 1. The molecule has 2 rings (SSSR count). The van der Waals surface area contributed by atoms with Gasteiger partial charge >= 0.3 is 0 Å². The zero-order valence-electron chi connectivity index (χ0n) is 6.69. The van der Waals surface area contributed by atoms with Crippen LogP contribution in [0.15, 0.2) is 18.2 Å². The number of fused-ring (bicyclic) bond motifs is 1. The van der Waals surface area contributed by atoms with Gasteiger partial charge in [0.05, 0.1) is 5.69 Å². The van der Waals surface area contributed by atoms with Crippen molar-refractivity contribution in [3.63, 3.8) is 0 Å². The Kier molecular flexibility index (Phi) is 1.33. The monoisotopic (exact) mass is 164 g/mol. The first-order chi connectivity index (χ1) is 5.66. The lowest BCUT2D eigenvalue weighted by Crippen LogP contribution is -1.88. The maximum absolute atomic E-state index is 12.9. The summed E-state index contributed by atoms with van der Waals surface area (Å²) in [6, 6.07) is 4.98. The number of H-pyrrole nitrogens is 1. The van der Waals surface area contributed by atoms with Crippen molar-refractivity contribution in [1.82, 2.24) is 4.98 Å². The summed E-state index contributed by atoms with van der Waals surface area (Å²) in [5.74, 6) is -0.371. The number of anilines is 1. The number of nitrogens with one attached hydrogen (secondary N) is 1. The Morgan fingerprint density at radius 3 is 2.83 bits per heavy atom. The minimum Gasteiger partial charge on any atom is -0.396 e. The molecule has 0 saturated carbocycles. The molecule has 0 aliphatic heterocycles. The Balaban J connectivity index is 2.83. The molecular weight excluding hydrogens is 155 g/mol. The molecular formula is C9H9FN2. The van der Waals surface area contributed by atoms with Gasteiger partial charge in [-0.3, -0.25) is 0 Å². The molecule has 3 heteroatoms. The Labute approximate surface area is 69.2 Å². The largest absolute Gasteiger partial charge is 0.396 e. The first-order valence-corrected chi connectivity index (χ1v) is 3.71. The number of hydrogen-bond acceptors (Lipinski definition) is 1. The number of aromatic nitrogens is 1. The van der Waals surface area contributed by atoms with Crippen molar-refractivity contribution < 1.29 is 4.39 Å². The van der Waals surface area contributed by atoms with Crippen LogP contribution in [0.25, 0.3) is 10.9 Å². The van der Waals surface area contributed by atoms with Crippen molar-refractivity contribution in [2.24, 2.45) is 0 Å². The normalized spacial score (nSPS) is 10.8. The van der Waals surface area contributed by atoms with Crippen molar-refractivity contribution in [1.29, 1.82) is 0 Å². The first-order valence-electron chi connectivity index (χ1n) is 3.71. The standard InChI is InChI=1S/C9H9FN2/c1-5-2-6-3-8(11)7(10)4-9(6)12-5/h2-4,12H,11H2,1H3. The van der Waals surface area contributed by atoms with Gasteiger partial charge in [-0.05, 0) is 19.1 Å². The number of benzene rings is 1. The quantitative estimate of drug-likeness (QED) is 0.576. The molecule has 0 saturated heterocycles. The van der Waals surface area contributed by atoms with Crippen molar-refractivity contribution in [3.8, 4) is 0 Å². The van der Waals surface area contributed by atoms with E-state index < -0.39 is 0 Å². The molecule has 62 valence electrons. The van der Waals surface area contributed by atoms with Crippen LogP contribution >= 0.6 is 0 Å². The molecule has 0 amide bonds. The van der Waals surface area contributed by atoms with E-state index in [4.69, 9.17) is 5.73 Å². The van der Waals surface area contributed by atoms with Crippen LogP contribution in [-0.4, -0.2) is 4.98 Å². The minimum absolute atomic E-state index is 0.196. The highest BCUT2D eigenvalue weighted by Crippen LogP contribution is 2.20. The average Bonchev–Trinajstić information content (AvgIpc) is 2.30. The van der Waals surface area contributed by atoms with E-state index in [1.165, 1.54) is 6.07 Å². The predicted molar refractivity (Wildman–Crippen MR) is 47.4 cm³/mol. The van der Waals surface area contributed by atoms with E-state index in [2.05, 4.69) is 4.98 Å². The number of nitrogens with two attached hydrogens (primary N) is 1. The molecule has 0 aliphatic rings. The summed E-state index contributed by atoms with van der Waals surface area (Å²) in [5, 5.41) is 0.950. The molecule has 1 aromatic heterocycles. The summed E-state index contributed by atoms with van der Waals surface area (Å²) < 4.78 is 12.9. The van der Waals surface area contributed by atoms with E-state index in [1.807, 2.05) is 13.0 Å². The number of hydrogen-bond donors (Lipinski definition) is 2. The van der Waals surface area contributed by atoms with Gasteiger partial charge in [0.1, 0.15) is 5.82 Å². The molecule has 0 radical (unpaired) electrons. The van der Waals surface area contributed by atoms with Gasteiger partial charge in [0.2, 0.25) is 0 Å². The fourth-order valence-corrected chi connectivity index (χ4v) is 1.32. The maximum Gasteiger partial charge on any atom is 0.148 e. The van der Waals surface area contributed by atoms with E-state index in [1.54, 1.807) is 6.07 Å². The van der Waals surface area contributed by atoms with Crippen molar-refractivity contribution in [3.05, 3.63) is 29.7 Å². The van der Waals surface area contributed by atoms with Crippen molar-refractivity contribution in [2.75, 3.05) is 5.73 Å². The SMILES string of the molecule is Cc1cc2cc(N)c(F)cc2[nH]1. The smallest absolute Gasteiger partial charge is 0.148 e. The second-order valence-corrected chi connectivity index (χ2v) is 2.91. The van der Waals surface area contributed by atoms with Gasteiger partial charge in [-0.1, -0.05) is 0 Å². The molecule has 3 N–H and O–H groups in total. The Morgan fingerprint density at radius 2 is 2.08 bits per heavy atom. The van der Waals surface area contributed by atoms with Crippen LogP contribution in [0.2, 0.25) is 0 Å². The topological polar surface area (TPSA) is 41.8 Å². The summed E-state index contributed by atoms with van der Waals surface area (Å²) >= 11 is 0. The Bertz CT molecular complexity index is 392. The van der Waals surface area contributed by atoms with E-state index in [9.17, 15) is 4.39 Å². The van der Waals surface area contributed by atoms with Gasteiger partial charge in [-0.2, -0.15) is 0 Å². The van der Waals surface area contributed by atoms with Gasteiger partial charge in [-0.15, -0.1) is 0 Å². The number of rotatable bonds is 0. The van der Waals surface area contributed by atoms with Gasteiger partial charge in [0.25, 0.3) is 0 Å². The molecule has 0 spiro atoms. The molecule has 0 bridgehead atoms. The highest BCUT2D eigenvalue weighted by molar-refractivity contribution is 5.83. The van der Waals surface area contributed by atoms with E-state index in [-0.39, 0.29) is 11.5 Å². The zero-order valence-corrected chi connectivity index (χ0v) is 6.69. The lowest BCUT2D eigenvalue weighted by molar-refractivity contribution is 0.634. The van der Waals surface area contributed by atoms with Crippen molar-refractivity contribution >= 4 is 16.6 Å².